The van der Waals surface area contributed by atoms with Crippen molar-refractivity contribution in [2.24, 2.45) is 5.92 Å². The van der Waals surface area contributed by atoms with Gasteiger partial charge in [0.2, 0.25) is 5.91 Å². The zero-order valence-corrected chi connectivity index (χ0v) is 20.2. The van der Waals surface area contributed by atoms with Gasteiger partial charge in [-0.3, -0.25) is 9.59 Å². The number of rotatable bonds is 10. The Bertz CT molecular complexity index is 1020. The molecular formula is C28H34N2O5. The van der Waals surface area contributed by atoms with E-state index in [1.807, 2.05) is 31.2 Å². The number of carboxylic acids is 1. The van der Waals surface area contributed by atoms with Gasteiger partial charge in [0.1, 0.15) is 6.61 Å². The summed E-state index contributed by atoms with van der Waals surface area (Å²) in [5.41, 5.74) is 4.64. The number of hydrogen-bond donors (Lipinski definition) is 3. The molecule has 7 heteroatoms. The van der Waals surface area contributed by atoms with E-state index in [2.05, 4.69) is 34.9 Å². The van der Waals surface area contributed by atoms with Crippen molar-refractivity contribution in [3.8, 4) is 11.1 Å². The number of benzene rings is 2. The van der Waals surface area contributed by atoms with Crippen molar-refractivity contribution in [1.82, 2.24) is 10.6 Å². The summed E-state index contributed by atoms with van der Waals surface area (Å²) in [4.78, 5) is 36.8. The first-order chi connectivity index (χ1) is 17.0. The predicted molar refractivity (Wildman–Crippen MR) is 133 cm³/mol. The standard InChI is InChI=1S/C28H34N2O5/c1-2-3-9-18(16-26(31)32)29-27(33)23-14-8-15-25(23)30-28(34)35-17-24-21-12-6-4-10-19(21)20-11-5-7-13-22(20)24/h4-7,10-13,18,23-25H,2-3,8-9,14-17H2,1H3,(H,29,33)(H,30,34)(H,31,32)/t18?,23-,25+/m1/s1. The lowest BCUT2D eigenvalue weighted by Crippen LogP contribution is -2.47. The van der Waals surface area contributed by atoms with Gasteiger partial charge in [0, 0.05) is 18.0 Å². The number of ether oxygens (including phenoxy) is 1. The number of nitrogens with one attached hydrogen (secondary N) is 2. The molecule has 2 aliphatic rings. The van der Waals surface area contributed by atoms with Crippen molar-refractivity contribution in [3.05, 3.63) is 59.7 Å². The molecule has 186 valence electrons. The first-order valence-corrected chi connectivity index (χ1v) is 12.6. The van der Waals surface area contributed by atoms with Crippen LogP contribution >= 0.6 is 0 Å². The number of hydrogen-bond acceptors (Lipinski definition) is 4. The Hall–Kier alpha value is -3.35. The van der Waals surface area contributed by atoms with Crippen molar-refractivity contribution in [2.75, 3.05) is 6.61 Å². The van der Waals surface area contributed by atoms with Crippen LogP contribution in [0.4, 0.5) is 4.79 Å². The Labute approximate surface area is 206 Å². The molecule has 0 heterocycles. The number of aliphatic carboxylic acids is 1. The van der Waals surface area contributed by atoms with Gasteiger partial charge in [-0.25, -0.2) is 4.79 Å². The van der Waals surface area contributed by atoms with E-state index in [-0.39, 0.29) is 36.8 Å². The number of carbonyl (C=O) groups excluding carboxylic acids is 2. The van der Waals surface area contributed by atoms with Crippen molar-refractivity contribution in [3.63, 3.8) is 0 Å². The number of carbonyl (C=O) groups is 3. The molecule has 2 aliphatic carbocycles. The summed E-state index contributed by atoms with van der Waals surface area (Å²) >= 11 is 0. The van der Waals surface area contributed by atoms with Gasteiger partial charge >= 0.3 is 12.1 Å². The molecule has 7 nitrogen and oxygen atoms in total. The average Bonchev–Trinajstić information content (AvgIpc) is 3.43. The quantitative estimate of drug-likeness (QED) is 0.453. The zero-order valence-electron chi connectivity index (χ0n) is 20.2. The Balaban J connectivity index is 1.34. The fourth-order valence-electron chi connectivity index (χ4n) is 5.43. The van der Waals surface area contributed by atoms with Gasteiger partial charge in [0.05, 0.1) is 12.3 Å². The van der Waals surface area contributed by atoms with Gasteiger partial charge in [-0.15, -0.1) is 0 Å². The van der Waals surface area contributed by atoms with Gasteiger partial charge < -0.3 is 20.5 Å². The first kappa shape index (κ1) is 24.8. The largest absolute Gasteiger partial charge is 0.481 e. The van der Waals surface area contributed by atoms with E-state index >= 15 is 0 Å². The lowest BCUT2D eigenvalue weighted by atomic mass is 9.98. The normalized spacial score (nSPS) is 19.5. The molecular weight excluding hydrogens is 444 g/mol. The fourth-order valence-corrected chi connectivity index (χ4v) is 5.43. The highest BCUT2D eigenvalue weighted by Crippen LogP contribution is 2.44. The van der Waals surface area contributed by atoms with Crippen molar-refractivity contribution >= 4 is 18.0 Å². The first-order valence-electron chi connectivity index (χ1n) is 12.6. The second kappa shape index (κ2) is 11.4. The molecule has 2 aromatic carbocycles. The summed E-state index contributed by atoms with van der Waals surface area (Å²) < 4.78 is 5.66. The van der Waals surface area contributed by atoms with E-state index < -0.39 is 18.1 Å². The van der Waals surface area contributed by atoms with Crippen LogP contribution in [0, 0.1) is 5.92 Å². The number of carboxylic acid groups (broad SMARTS) is 1. The van der Waals surface area contributed by atoms with Crippen molar-refractivity contribution < 1.29 is 24.2 Å². The van der Waals surface area contributed by atoms with Crippen LogP contribution in [0.15, 0.2) is 48.5 Å². The van der Waals surface area contributed by atoms with Crippen LogP contribution < -0.4 is 10.6 Å². The van der Waals surface area contributed by atoms with E-state index in [4.69, 9.17) is 4.74 Å². The van der Waals surface area contributed by atoms with Crippen molar-refractivity contribution in [2.45, 2.75) is 69.9 Å². The Kier molecular flexibility index (Phi) is 8.06. The summed E-state index contributed by atoms with van der Waals surface area (Å²) in [7, 11) is 0. The van der Waals surface area contributed by atoms with E-state index in [1.165, 1.54) is 11.1 Å². The lowest BCUT2D eigenvalue weighted by Gasteiger charge is -2.24. The Morgan fingerprint density at radius 1 is 1.03 bits per heavy atom. The maximum Gasteiger partial charge on any atom is 0.407 e. The summed E-state index contributed by atoms with van der Waals surface area (Å²) in [6.45, 7) is 2.26. The second-order valence-electron chi connectivity index (χ2n) is 9.56. The number of fused-ring (bicyclic) bond motifs is 3. The van der Waals surface area contributed by atoms with Crippen LogP contribution in [0.3, 0.4) is 0 Å². The number of amides is 2. The summed E-state index contributed by atoms with van der Waals surface area (Å²) in [6.07, 6.45) is 3.98. The molecule has 0 aromatic heterocycles. The fraction of sp³-hybridized carbons (Fsp3) is 0.464. The maximum absolute atomic E-state index is 12.9. The highest BCUT2D eigenvalue weighted by molar-refractivity contribution is 5.82. The molecule has 4 rings (SSSR count). The lowest BCUT2D eigenvalue weighted by molar-refractivity contribution is -0.138. The Morgan fingerprint density at radius 2 is 1.69 bits per heavy atom. The van der Waals surface area contributed by atoms with Crippen LogP contribution in [0.25, 0.3) is 11.1 Å². The third-order valence-electron chi connectivity index (χ3n) is 7.17. The number of alkyl carbamates (subject to hydrolysis) is 1. The molecule has 0 saturated heterocycles. The summed E-state index contributed by atoms with van der Waals surface area (Å²) in [6, 6.07) is 15.6. The summed E-state index contributed by atoms with van der Waals surface area (Å²) in [5.74, 6) is -1.51. The van der Waals surface area contributed by atoms with Crippen LogP contribution in [-0.4, -0.2) is 41.8 Å². The molecule has 35 heavy (non-hydrogen) atoms. The smallest absolute Gasteiger partial charge is 0.407 e. The van der Waals surface area contributed by atoms with Gasteiger partial charge in [0.15, 0.2) is 0 Å². The molecule has 3 atom stereocenters. The van der Waals surface area contributed by atoms with Gasteiger partial charge in [-0.05, 0) is 41.5 Å². The topological polar surface area (TPSA) is 105 Å². The van der Waals surface area contributed by atoms with E-state index in [1.54, 1.807) is 0 Å². The molecule has 2 aromatic rings. The van der Waals surface area contributed by atoms with Crippen LogP contribution in [0.1, 0.15) is 68.9 Å². The molecule has 2 amide bonds. The molecule has 0 bridgehead atoms. The van der Waals surface area contributed by atoms with Gasteiger partial charge in [0.25, 0.3) is 0 Å². The number of unbranched alkanes of at least 4 members (excludes halogenated alkanes) is 1. The maximum atomic E-state index is 12.9. The molecule has 1 unspecified atom stereocenters. The van der Waals surface area contributed by atoms with Gasteiger partial charge in [-0.2, -0.15) is 0 Å². The average molecular weight is 479 g/mol. The summed E-state index contributed by atoms with van der Waals surface area (Å²) in [5, 5.41) is 15.0. The second-order valence-corrected chi connectivity index (χ2v) is 9.56. The minimum atomic E-state index is -0.925. The highest BCUT2D eigenvalue weighted by Gasteiger charge is 2.36. The van der Waals surface area contributed by atoms with E-state index in [0.717, 1.165) is 30.4 Å². The molecule has 0 radical (unpaired) electrons. The molecule has 0 spiro atoms. The zero-order chi connectivity index (χ0) is 24.8. The SMILES string of the molecule is CCCCC(CC(=O)O)NC(=O)[C@@H]1CCC[C@@H]1NC(=O)OCC1c2ccccc2-c2ccccc21. The predicted octanol–water partition coefficient (Wildman–Crippen LogP) is 4.84. The molecule has 1 saturated carbocycles. The third-order valence-corrected chi connectivity index (χ3v) is 7.17. The minimum absolute atomic E-state index is 0.0221. The molecule has 0 aliphatic heterocycles. The monoisotopic (exact) mass is 478 g/mol. The molecule has 1 fully saturated rings. The van der Waals surface area contributed by atoms with Crippen molar-refractivity contribution in [1.29, 1.82) is 0 Å². The van der Waals surface area contributed by atoms with Crippen LogP contribution in [-0.2, 0) is 14.3 Å². The van der Waals surface area contributed by atoms with Gasteiger partial charge in [-0.1, -0.05) is 74.7 Å². The van der Waals surface area contributed by atoms with Crippen LogP contribution in [0.5, 0.6) is 0 Å². The highest BCUT2D eigenvalue weighted by atomic mass is 16.5. The van der Waals surface area contributed by atoms with E-state index in [9.17, 15) is 19.5 Å². The van der Waals surface area contributed by atoms with Crippen LogP contribution in [0.2, 0.25) is 0 Å². The minimum Gasteiger partial charge on any atom is -0.481 e. The third kappa shape index (κ3) is 5.84. The Morgan fingerprint density at radius 3 is 2.31 bits per heavy atom. The van der Waals surface area contributed by atoms with E-state index in [0.29, 0.717) is 19.3 Å². The molecule has 3 N–H and O–H groups in total.